The molecule has 1 saturated carbocycles. The summed E-state index contributed by atoms with van der Waals surface area (Å²) in [5, 5.41) is 3.38. The molecule has 94 valence electrons. The number of nitrogens with one attached hydrogen (secondary N) is 1. The molecule has 1 aliphatic carbocycles. The number of rotatable bonds is 4. The van der Waals surface area contributed by atoms with Crippen molar-refractivity contribution in [3.8, 4) is 0 Å². The molecule has 0 saturated heterocycles. The predicted octanol–water partition coefficient (Wildman–Crippen LogP) is 2.35. The molecule has 1 aliphatic rings. The van der Waals surface area contributed by atoms with E-state index in [1.54, 1.807) is 0 Å². The largest absolute Gasteiger partial charge is 0.468 e. The average Bonchev–Trinajstić information content (AvgIpc) is 2.28. The van der Waals surface area contributed by atoms with Crippen LogP contribution in [0.4, 0.5) is 0 Å². The molecule has 0 heterocycles. The fourth-order valence-electron chi connectivity index (χ4n) is 2.58. The highest BCUT2D eigenvalue weighted by Gasteiger charge is 2.26. The zero-order valence-corrected chi connectivity index (χ0v) is 11.0. The van der Waals surface area contributed by atoms with E-state index in [1.807, 2.05) is 6.92 Å². The lowest BCUT2D eigenvalue weighted by molar-refractivity contribution is -0.142. The fraction of sp³-hybridized carbons (Fsp3) is 0.923. The van der Waals surface area contributed by atoms with E-state index >= 15 is 0 Å². The Morgan fingerprint density at radius 3 is 2.56 bits per heavy atom. The van der Waals surface area contributed by atoms with E-state index in [-0.39, 0.29) is 12.0 Å². The molecule has 0 radical (unpaired) electrons. The third kappa shape index (κ3) is 3.78. The van der Waals surface area contributed by atoms with Crippen LogP contribution in [-0.2, 0) is 9.53 Å². The Bertz CT molecular complexity index is 228. The van der Waals surface area contributed by atoms with Crippen molar-refractivity contribution in [2.75, 3.05) is 7.11 Å². The van der Waals surface area contributed by atoms with Gasteiger partial charge in [0.2, 0.25) is 0 Å². The van der Waals surface area contributed by atoms with Gasteiger partial charge in [-0.1, -0.05) is 26.7 Å². The number of ether oxygens (including phenoxy) is 1. The van der Waals surface area contributed by atoms with Gasteiger partial charge in [0.05, 0.1) is 7.11 Å². The van der Waals surface area contributed by atoms with Crippen molar-refractivity contribution in [3.05, 3.63) is 0 Å². The molecule has 3 unspecified atom stereocenters. The van der Waals surface area contributed by atoms with Gasteiger partial charge < -0.3 is 10.1 Å². The van der Waals surface area contributed by atoms with Gasteiger partial charge in [-0.2, -0.15) is 0 Å². The van der Waals surface area contributed by atoms with Gasteiger partial charge >= 0.3 is 5.97 Å². The van der Waals surface area contributed by atoms with Crippen molar-refractivity contribution in [1.29, 1.82) is 0 Å². The molecule has 0 spiro atoms. The van der Waals surface area contributed by atoms with Crippen LogP contribution in [0.15, 0.2) is 0 Å². The topological polar surface area (TPSA) is 38.3 Å². The quantitative estimate of drug-likeness (QED) is 0.749. The SMILES string of the molecule is COC(=O)C(C)NC1CCCC(C(C)C)C1. The summed E-state index contributed by atoms with van der Waals surface area (Å²) in [7, 11) is 1.44. The van der Waals surface area contributed by atoms with Gasteiger partial charge in [-0.15, -0.1) is 0 Å². The van der Waals surface area contributed by atoms with E-state index in [4.69, 9.17) is 4.74 Å². The molecule has 1 rings (SSSR count). The average molecular weight is 227 g/mol. The molecule has 3 heteroatoms. The zero-order valence-electron chi connectivity index (χ0n) is 11.0. The maximum absolute atomic E-state index is 11.3. The molecule has 0 aromatic carbocycles. The predicted molar refractivity (Wildman–Crippen MR) is 65.2 cm³/mol. The highest BCUT2D eigenvalue weighted by molar-refractivity contribution is 5.75. The standard InChI is InChI=1S/C13H25NO2/c1-9(2)11-6-5-7-12(8-11)14-10(3)13(15)16-4/h9-12,14H,5-8H2,1-4H3. The van der Waals surface area contributed by atoms with Crippen LogP contribution in [0.5, 0.6) is 0 Å². The maximum Gasteiger partial charge on any atom is 0.322 e. The van der Waals surface area contributed by atoms with Crippen LogP contribution in [-0.4, -0.2) is 25.2 Å². The second kappa shape index (κ2) is 6.24. The molecule has 0 aromatic heterocycles. The van der Waals surface area contributed by atoms with Gasteiger partial charge in [-0.25, -0.2) is 0 Å². The van der Waals surface area contributed by atoms with Crippen molar-refractivity contribution >= 4 is 5.97 Å². The van der Waals surface area contributed by atoms with E-state index < -0.39 is 0 Å². The lowest BCUT2D eigenvalue weighted by Gasteiger charge is -2.33. The Kier molecular flexibility index (Phi) is 5.26. The Morgan fingerprint density at radius 1 is 1.31 bits per heavy atom. The molecule has 3 nitrogen and oxygen atoms in total. The first-order chi connectivity index (χ1) is 7.54. The van der Waals surface area contributed by atoms with E-state index in [2.05, 4.69) is 19.2 Å². The molecule has 0 amide bonds. The zero-order chi connectivity index (χ0) is 12.1. The first kappa shape index (κ1) is 13.5. The van der Waals surface area contributed by atoms with Gasteiger partial charge in [-0.3, -0.25) is 4.79 Å². The minimum Gasteiger partial charge on any atom is -0.468 e. The highest BCUT2D eigenvalue weighted by Crippen LogP contribution is 2.30. The summed E-state index contributed by atoms with van der Waals surface area (Å²) in [6.45, 7) is 6.46. The minimum atomic E-state index is -0.180. The first-order valence-electron chi connectivity index (χ1n) is 6.38. The Hall–Kier alpha value is -0.570. The van der Waals surface area contributed by atoms with E-state index in [9.17, 15) is 4.79 Å². The van der Waals surface area contributed by atoms with Crippen LogP contribution in [0.25, 0.3) is 0 Å². The van der Waals surface area contributed by atoms with Crippen molar-refractivity contribution in [2.24, 2.45) is 11.8 Å². The molecule has 0 aliphatic heterocycles. The number of esters is 1. The lowest BCUT2D eigenvalue weighted by Crippen LogP contribution is -2.44. The van der Waals surface area contributed by atoms with Gasteiger partial charge in [0.1, 0.15) is 6.04 Å². The van der Waals surface area contributed by atoms with Crippen LogP contribution in [0.1, 0.15) is 46.5 Å². The van der Waals surface area contributed by atoms with Crippen molar-refractivity contribution in [2.45, 2.75) is 58.5 Å². The number of carbonyl (C=O) groups is 1. The summed E-state index contributed by atoms with van der Waals surface area (Å²) < 4.78 is 4.73. The van der Waals surface area contributed by atoms with E-state index in [0.717, 1.165) is 11.8 Å². The maximum atomic E-state index is 11.3. The van der Waals surface area contributed by atoms with E-state index in [0.29, 0.717) is 6.04 Å². The molecule has 1 N–H and O–H groups in total. The van der Waals surface area contributed by atoms with Gasteiger partial charge in [0, 0.05) is 6.04 Å². The van der Waals surface area contributed by atoms with Gasteiger partial charge in [0.15, 0.2) is 0 Å². The molecule has 1 fully saturated rings. The van der Waals surface area contributed by atoms with Gasteiger partial charge in [-0.05, 0) is 31.6 Å². The molecule has 0 aromatic rings. The number of methoxy groups -OCH3 is 1. The van der Waals surface area contributed by atoms with E-state index in [1.165, 1.54) is 32.8 Å². The Balaban J connectivity index is 2.39. The van der Waals surface area contributed by atoms with Crippen LogP contribution >= 0.6 is 0 Å². The Labute approximate surface area is 98.9 Å². The van der Waals surface area contributed by atoms with Crippen LogP contribution in [0, 0.1) is 11.8 Å². The summed E-state index contributed by atoms with van der Waals surface area (Å²) in [5.41, 5.74) is 0. The van der Waals surface area contributed by atoms with Gasteiger partial charge in [0.25, 0.3) is 0 Å². The Morgan fingerprint density at radius 2 is 2.00 bits per heavy atom. The summed E-state index contributed by atoms with van der Waals surface area (Å²) in [4.78, 5) is 11.3. The third-order valence-corrected chi connectivity index (χ3v) is 3.70. The number of carbonyl (C=O) groups excluding carboxylic acids is 1. The number of hydrogen-bond donors (Lipinski definition) is 1. The molecule has 3 atom stereocenters. The van der Waals surface area contributed by atoms with Crippen molar-refractivity contribution in [3.63, 3.8) is 0 Å². The second-order valence-electron chi connectivity index (χ2n) is 5.28. The van der Waals surface area contributed by atoms with Crippen LogP contribution in [0.3, 0.4) is 0 Å². The molecular formula is C13H25NO2. The smallest absolute Gasteiger partial charge is 0.322 e. The summed E-state index contributed by atoms with van der Waals surface area (Å²) in [5.74, 6) is 1.39. The second-order valence-corrected chi connectivity index (χ2v) is 5.28. The fourth-order valence-corrected chi connectivity index (χ4v) is 2.58. The summed E-state index contributed by atoms with van der Waals surface area (Å²) in [6.07, 6.45) is 4.99. The summed E-state index contributed by atoms with van der Waals surface area (Å²) in [6, 6.07) is 0.302. The highest BCUT2D eigenvalue weighted by atomic mass is 16.5. The lowest BCUT2D eigenvalue weighted by atomic mass is 9.79. The van der Waals surface area contributed by atoms with Crippen molar-refractivity contribution in [1.82, 2.24) is 5.32 Å². The summed E-state index contributed by atoms with van der Waals surface area (Å²) >= 11 is 0. The normalized spacial score (nSPS) is 27.8. The van der Waals surface area contributed by atoms with Crippen LogP contribution < -0.4 is 5.32 Å². The molecular weight excluding hydrogens is 202 g/mol. The van der Waals surface area contributed by atoms with Crippen LogP contribution in [0.2, 0.25) is 0 Å². The molecule has 16 heavy (non-hydrogen) atoms. The van der Waals surface area contributed by atoms with Crippen molar-refractivity contribution < 1.29 is 9.53 Å². The first-order valence-corrected chi connectivity index (χ1v) is 6.38. The molecule has 0 bridgehead atoms. The number of hydrogen-bond acceptors (Lipinski definition) is 3. The monoisotopic (exact) mass is 227 g/mol. The minimum absolute atomic E-state index is 0.160. The third-order valence-electron chi connectivity index (χ3n) is 3.70.